The summed E-state index contributed by atoms with van der Waals surface area (Å²) >= 11 is 0. The van der Waals surface area contributed by atoms with Crippen LogP contribution in [0.15, 0.2) is 0 Å². The molecule has 0 saturated carbocycles. The van der Waals surface area contributed by atoms with E-state index in [9.17, 15) is 9.90 Å². The Morgan fingerprint density at radius 3 is 3.00 bits per heavy atom. The zero-order valence-electron chi connectivity index (χ0n) is 10.4. The molecule has 1 rings (SSSR count). The average Bonchev–Trinajstić information content (AvgIpc) is 2.77. The molecule has 3 N–H and O–H groups in total. The predicted molar refractivity (Wildman–Crippen MR) is 62.7 cm³/mol. The van der Waals surface area contributed by atoms with Gasteiger partial charge in [0.15, 0.2) is 0 Å². The molecule has 0 aromatic heterocycles. The maximum absolute atomic E-state index is 11.8. The molecule has 1 heterocycles. The molecule has 1 fully saturated rings. The summed E-state index contributed by atoms with van der Waals surface area (Å²) in [5.41, 5.74) is 0. The molecule has 3 atom stereocenters. The van der Waals surface area contributed by atoms with Crippen molar-refractivity contribution in [3.8, 4) is 0 Å². The highest BCUT2D eigenvalue weighted by Gasteiger charge is 2.32. The van der Waals surface area contributed by atoms with Gasteiger partial charge in [0, 0.05) is 19.7 Å². The largest absolute Gasteiger partial charge is 0.391 e. The van der Waals surface area contributed by atoms with Gasteiger partial charge in [-0.15, -0.1) is 0 Å². The van der Waals surface area contributed by atoms with Crippen LogP contribution in [0.2, 0.25) is 0 Å². The standard InChI is InChI=1S/C11H22N2O4/c1-12-10-7-17-6-9(10)11(15)13-4-3-8(14)5-16-2/h8-10,12,14H,3-7H2,1-2H3,(H,13,15). The molecule has 0 aliphatic carbocycles. The Balaban J connectivity index is 2.20. The molecule has 6 heteroatoms. The Bertz CT molecular complexity index is 238. The van der Waals surface area contributed by atoms with Crippen LogP contribution in [-0.4, -0.2) is 63.7 Å². The van der Waals surface area contributed by atoms with Crippen LogP contribution in [0, 0.1) is 5.92 Å². The van der Waals surface area contributed by atoms with E-state index >= 15 is 0 Å². The Morgan fingerprint density at radius 1 is 1.59 bits per heavy atom. The summed E-state index contributed by atoms with van der Waals surface area (Å²) < 4.78 is 10.1. The second kappa shape index (κ2) is 7.60. The van der Waals surface area contributed by atoms with Crippen molar-refractivity contribution in [2.45, 2.75) is 18.6 Å². The molecule has 0 aromatic rings. The van der Waals surface area contributed by atoms with Gasteiger partial charge < -0.3 is 25.2 Å². The first-order valence-electron chi connectivity index (χ1n) is 5.88. The highest BCUT2D eigenvalue weighted by molar-refractivity contribution is 5.79. The average molecular weight is 246 g/mol. The van der Waals surface area contributed by atoms with Gasteiger partial charge in [-0.2, -0.15) is 0 Å². The third-order valence-corrected chi connectivity index (χ3v) is 2.92. The van der Waals surface area contributed by atoms with E-state index in [1.165, 1.54) is 7.11 Å². The van der Waals surface area contributed by atoms with E-state index in [0.717, 1.165) is 0 Å². The summed E-state index contributed by atoms with van der Waals surface area (Å²) in [7, 11) is 3.36. The minimum Gasteiger partial charge on any atom is -0.391 e. The van der Waals surface area contributed by atoms with Crippen molar-refractivity contribution < 1.29 is 19.4 Å². The SMILES string of the molecule is CNC1COCC1C(=O)NCCC(O)COC. The minimum absolute atomic E-state index is 0.0218. The van der Waals surface area contributed by atoms with Crippen LogP contribution in [-0.2, 0) is 14.3 Å². The molecule has 3 unspecified atom stereocenters. The molecule has 1 amide bonds. The molecule has 0 spiro atoms. The third kappa shape index (κ3) is 4.59. The normalized spacial score (nSPS) is 25.8. The number of hydrogen-bond acceptors (Lipinski definition) is 5. The van der Waals surface area contributed by atoms with Crippen molar-refractivity contribution in [1.82, 2.24) is 10.6 Å². The number of carbonyl (C=O) groups is 1. The third-order valence-electron chi connectivity index (χ3n) is 2.92. The Hall–Kier alpha value is -0.690. The quantitative estimate of drug-likeness (QED) is 0.522. The van der Waals surface area contributed by atoms with Crippen LogP contribution in [0.5, 0.6) is 0 Å². The van der Waals surface area contributed by atoms with Crippen LogP contribution in [0.4, 0.5) is 0 Å². The summed E-state index contributed by atoms with van der Waals surface area (Å²) in [6, 6.07) is 0.0823. The molecular formula is C11H22N2O4. The zero-order valence-corrected chi connectivity index (χ0v) is 10.4. The van der Waals surface area contributed by atoms with E-state index in [4.69, 9.17) is 9.47 Å². The molecule has 6 nitrogen and oxygen atoms in total. The first-order chi connectivity index (χ1) is 8.19. The highest BCUT2D eigenvalue weighted by Crippen LogP contribution is 2.13. The van der Waals surface area contributed by atoms with Crippen LogP contribution >= 0.6 is 0 Å². The zero-order chi connectivity index (χ0) is 12.7. The van der Waals surface area contributed by atoms with E-state index in [1.807, 2.05) is 7.05 Å². The first kappa shape index (κ1) is 14.4. The Morgan fingerprint density at radius 2 is 2.35 bits per heavy atom. The fraction of sp³-hybridized carbons (Fsp3) is 0.909. The lowest BCUT2D eigenvalue weighted by molar-refractivity contribution is -0.125. The fourth-order valence-electron chi connectivity index (χ4n) is 1.87. The van der Waals surface area contributed by atoms with Gasteiger partial charge in [-0.3, -0.25) is 4.79 Å². The molecule has 0 aromatic carbocycles. The van der Waals surface area contributed by atoms with Crippen LogP contribution in [0.3, 0.4) is 0 Å². The van der Waals surface area contributed by atoms with Crippen molar-refractivity contribution in [3.63, 3.8) is 0 Å². The van der Waals surface area contributed by atoms with E-state index in [-0.39, 0.29) is 17.9 Å². The van der Waals surface area contributed by atoms with E-state index in [1.54, 1.807) is 0 Å². The number of nitrogens with one attached hydrogen (secondary N) is 2. The van der Waals surface area contributed by atoms with Gasteiger partial charge >= 0.3 is 0 Å². The monoisotopic (exact) mass is 246 g/mol. The summed E-state index contributed by atoms with van der Waals surface area (Å²) in [4.78, 5) is 11.8. The number of aliphatic hydroxyl groups is 1. The number of rotatable bonds is 7. The van der Waals surface area contributed by atoms with Crippen molar-refractivity contribution in [3.05, 3.63) is 0 Å². The minimum atomic E-state index is -0.528. The van der Waals surface area contributed by atoms with E-state index in [0.29, 0.717) is 32.8 Å². The molecule has 1 saturated heterocycles. The predicted octanol–water partition coefficient (Wildman–Crippen LogP) is -1.27. The lowest BCUT2D eigenvalue weighted by Crippen LogP contribution is -2.43. The molecule has 0 radical (unpaired) electrons. The number of likely N-dealkylation sites (N-methyl/N-ethyl adjacent to an activating group) is 1. The Kier molecular flexibility index (Phi) is 6.43. The first-order valence-corrected chi connectivity index (χ1v) is 5.88. The van der Waals surface area contributed by atoms with E-state index < -0.39 is 6.10 Å². The second-order valence-corrected chi connectivity index (χ2v) is 4.23. The fourth-order valence-corrected chi connectivity index (χ4v) is 1.87. The molecule has 17 heavy (non-hydrogen) atoms. The number of aliphatic hydroxyl groups excluding tert-OH is 1. The highest BCUT2D eigenvalue weighted by atomic mass is 16.5. The summed E-state index contributed by atoms with van der Waals surface area (Å²) in [5, 5.41) is 15.3. The molecule has 100 valence electrons. The molecular weight excluding hydrogens is 224 g/mol. The van der Waals surface area contributed by atoms with Gasteiger partial charge in [0.1, 0.15) is 0 Å². The molecule has 1 aliphatic heterocycles. The number of ether oxygens (including phenoxy) is 2. The van der Waals surface area contributed by atoms with Gasteiger partial charge in [0.05, 0.1) is 31.8 Å². The maximum Gasteiger partial charge on any atom is 0.227 e. The number of amides is 1. The summed E-state index contributed by atoms with van der Waals surface area (Å²) in [5.74, 6) is -0.161. The maximum atomic E-state index is 11.8. The van der Waals surface area contributed by atoms with Crippen molar-refractivity contribution in [2.24, 2.45) is 5.92 Å². The van der Waals surface area contributed by atoms with Gasteiger partial charge in [0.25, 0.3) is 0 Å². The van der Waals surface area contributed by atoms with Crippen molar-refractivity contribution in [2.75, 3.05) is 40.5 Å². The van der Waals surface area contributed by atoms with Crippen LogP contribution < -0.4 is 10.6 Å². The topological polar surface area (TPSA) is 79.8 Å². The van der Waals surface area contributed by atoms with Crippen LogP contribution in [0.25, 0.3) is 0 Å². The van der Waals surface area contributed by atoms with Gasteiger partial charge in [-0.05, 0) is 13.5 Å². The molecule has 1 aliphatic rings. The number of hydrogen-bond donors (Lipinski definition) is 3. The molecule has 0 bridgehead atoms. The smallest absolute Gasteiger partial charge is 0.227 e. The number of carbonyl (C=O) groups excluding carboxylic acids is 1. The van der Waals surface area contributed by atoms with Crippen molar-refractivity contribution in [1.29, 1.82) is 0 Å². The van der Waals surface area contributed by atoms with Gasteiger partial charge in [-0.1, -0.05) is 0 Å². The summed E-state index contributed by atoms with van der Waals surface area (Å²) in [6.45, 7) is 1.77. The second-order valence-electron chi connectivity index (χ2n) is 4.23. The van der Waals surface area contributed by atoms with Crippen molar-refractivity contribution >= 4 is 5.91 Å². The summed E-state index contributed by atoms with van der Waals surface area (Å²) in [6.07, 6.45) is -0.0302. The van der Waals surface area contributed by atoms with Crippen LogP contribution in [0.1, 0.15) is 6.42 Å². The van der Waals surface area contributed by atoms with Gasteiger partial charge in [-0.25, -0.2) is 0 Å². The number of methoxy groups -OCH3 is 1. The van der Waals surface area contributed by atoms with Gasteiger partial charge in [0.2, 0.25) is 5.91 Å². The lowest BCUT2D eigenvalue weighted by atomic mass is 10.0. The Labute approximate surface area is 102 Å². The van der Waals surface area contributed by atoms with E-state index in [2.05, 4.69) is 10.6 Å². The lowest BCUT2D eigenvalue weighted by Gasteiger charge is -2.17.